The number of hydrogen-bond donors (Lipinski definition) is 1. The Hall–Kier alpha value is -1.12. The van der Waals surface area contributed by atoms with Crippen molar-refractivity contribution in [3.05, 3.63) is 66.1 Å². The molecule has 0 fully saturated rings. The fourth-order valence-electron chi connectivity index (χ4n) is 2.28. The number of nitrogens with two attached hydrogens (primary N) is 1. The predicted molar refractivity (Wildman–Crippen MR) is 94.3 cm³/mol. The van der Waals surface area contributed by atoms with E-state index in [9.17, 15) is 4.79 Å². The third-order valence-electron chi connectivity index (χ3n) is 3.47. The Morgan fingerprint density at radius 3 is 2.81 bits per heavy atom. The third kappa shape index (κ3) is 2.67. The van der Waals surface area contributed by atoms with E-state index in [1.54, 1.807) is 7.05 Å². The van der Waals surface area contributed by atoms with Crippen LogP contribution in [0.15, 0.2) is 50.1 Å². The molecule has 6 heteroatoms. The molecule has 1 aromatic heterocycles. The monoisotopic (exact) mass is 458 g/mol. The summed E-state index contributed by atoms with van der Waals surface area (Å²) in [6, 6.07) is 11.4. The van der Waals surface area contributed by atoms with Crippen LogP contribution >= 0.6 is 38.5 Å². The Kier molecular flexibility index (Phi) is 3.94. The van der Waals surface area contributed by atoms with Crippen LogP contribution in [0.1, 0.15) is 17.2 Å². The van der Waals surface area contributed by atoms with Crippen LogP contribution in [0.25, 0.3) is 11.1 Å². The fraction of sp³-hybridized carbons (Fsp3) is 0.133. The number of aryl methyl sites for hydroxylation is 1. The van der Waals surface area contributed by atoms with Gasteiger partial charge in [-0.25, -0.2) is 4.79 Å². The molecule has 0 aliphatic rings. The smallest absolute Gasteiger partial charge is 0.408 e. The molecule has 1 unspecified atom stereocenters. The van der Waals surface area contributed by atoms with Gasteiger partial charge in [-0.3, -0.25) is 4.57 Å². The molecule has 0 amide bonds. The zero-order valence-electron chi connectivity index (χ0n) is 11.1. The Bertz CT molecular complexity index is 885. The molecule has 2 N–H and O–H groups in total. The van der Waals surface area contributed by atoms with Crippen molar-refractivity contribution in [2.75, 3.05) is 0 Å². The highest BCUT2D eigenvalue weighted by atomic mass is 127. The van der Waals surface area contributed by atoms with Gasteiger partial charge in [-0.2, -0.15) is 0 Å². The van der Waals surface area contributed by atoms with Crippen molar-refractivity contribution in [2.45, 2.75) is 6.04 Å². The van der Waals surface area contributed by atoms with Crippen molar-refractivity contribution in [3.63, 3.8) is 0 Å². The Morgan fingerprint density at radius 1 is 1.29 bits per heavy atom. The first kappa shape index (κ1) is 14.8. The minimum atomic E-state index is -0.369. The second kappa shape index (κ2) is 5.58. The van der Waals surface area contributed by atoms with Crippen molar-refractivity contribution in [1.29, 1.82) is 0 Å². The number of rotatable bonds is 2. The quantitative estimate of drug-likeness (QED) is 0.597. The van der Waals surface area contributed by atoms with Crippen LogP contribution in [-0.4, -0.2) is 4.57 Å². The van der Waals surface area contributed by atoms with Gasteiger partial charge in [0.25, 0.3) is 0 Å². The first-order chi connectivity index (χ1) is 9.97. The maximum absolute atomic E-state index is 11.5. The van der Waals surface area contributed by atoms with Crippen molar-refractivity contribution >= 4 is 49.6 Å². The van der Waals surface area contributed by atoms with E-state index in [4.69, 9.17) is 10.2 Å². The van der Waals surface area contributed by atoms with E-state index in [2.05, 4.69) is 38.5 Å². The van der Waals surface area contributed by atoms with Gasteiger partial charge < -0.3 is 10.2 Å². The average Bonchev–Trinajstić information content (AvgIpc) is 2.75. The van der Waals surface area contributed by atoms with Gasteiger partial charge in [-0.15, -0.1) is 0 Å². The summed E-state index contributed by atoms with van der Waals surface area (Å²) in [4.78, 5) is 11.5. The van der Waals surface area contributed by atoms with Gasteiger partial charge in [0.2, 0.25) is 0 Å². The lowest BCUT2D eigenvalue weighted by Crippen LogP contribution is -2.12. The summed E-state index contributed by atoms with van der Waals surface area (Å²) in [5.74, 6) is -0.369. The molecule has 0 saturated heterocycles. The van der Waals surface area contributed by atoms with Crippen LogP contribution in [0.2, 0.25) is 0 Å². The third-order valence-corrected chi connectivity index (χ3v) is 4.86. The topological polar surface area (TPSA) is 61.2 Å². The van der Waals surface area contributed by atoms with Crippen molar-refractivity contribution in [1.82, 2.24) is 4.57 Å². The highest BCUT2D eigenvalue weighted by Crippen LogP contribution is 2.29. The maximum Gasteiger partial charge on any atom is 0.419 e. The average molecular weight is 459 g/mol. The second-order valence-electron chi connectivity index (χ2n) is 4.80. The van der Waals surface area contributed by atoms with Crippen LogP contribution in [0.5, 0.6) is 0 Å². The zero-order valence-corrected chi connectivity index (χ0v) is 14.9. The number of fused-ring (bicyclic) bond motifs is 1. The number of benzene rings is 2. The summed E-state index contributed by atoms with van der Waals surface area (Å²) >= 11 is 5.79. The Morgan fingerprint density at radius 2 is 2.05 bits per heavy atom. The number of nitrogens with zero attached hydrogens (tertiary/aromatic N) is 1. The molecule has 21 heavy (non-hydrogen) atoms. The molecule has 1 heterocycles. The number of oxazole rings is 1. The molecule has 2 aromatic carbocycles. The highest BCUT2D eigenvalue weighted by Gasteiger charge is 2.15. The minimum absolute atomic E-state index is 0.288. The largest absolute Gasteiger partial charge is 0.419 e. The molecule has 0 saturated carbocycles. The van der Waals surface area contributed by atoms with Gasteiger partial charge in [-0.1, -0.05) is 22.0 Å². The molecule has 0 radical (unpaired) electrons. The molecule has 4 nitrogen and oxygen atoms in total. The normalized spacial score (nSPS) is 12.8. The van der Waals surface area contributed by atoms with E-state index in [1.165, 1.54) is 4.57 Å². The molecule has 3 rings (SSSR count). The van der Waals surface area contributed by atoms with Gasteiger partial charge in [0.15, 0.2) is 5.58 Å². The van der Waals surface area contributed by atoms with Crippen LogP contribution < -0.4 is 11.5 Å². The van der Waals surface area contributed by atoms with Crippen molar-refractivity contribution < 1.29 is 4.42 Å². The molecule has 0 bridgehead atoms. The van der Waals surface area contributed by atoms with Crippen LogP contribution in [0.3, 0.4) is 0 Å². The summed E-state index contributed by atoms with van der Waals surface area (Å²) in [6.07, 6.45) is 0. The summed E-state index contributed by atoms with van der Waals surface area (Å²) < 4.78 is 8.78. The van der Waals surface area contributed by atoms with Crippen LogP contribution in [0.4, 0.5) is 0 Å². The van der Waals surface area contributed by atoms with Gasteiger partial charge >= 0.3 is 5.76 Å². The SMILES string of the molecule is Cn1c(=O)oc2cc(C(N)c3cc(I)ccc3Br)ccc21. The van der Waals surface area contributed by atoms with Crippen molar-refractivity contribution in [2.24, 2.45) is 12.8 Å². The van der Waals surface area contributed by atoms with E-state index >= 15 is 0 Å². The molecule has 3 aromatic rings. The Balaban J connectivity index is 2.11. The van der Waals surface area contributed by atoms with Gasteiger partial charge in [0.05, 0.1) is 11.6 Å². The van der Waals surface area contributed by atoms with Crippen LogP contribution in [0, 0.1) is 3.57 Å². The number of halogens is 2. The minimum Gasteiger partial charge on any atom is -0.408 e. The lowest BCUT2D eigenvalue weighted by atomic mass is 9.99. The fourth-order valence-corrected chi connectivity index (χ4v) is 3.28. The molecule has 0 aliphatic heterocycles. The van der Waals surface area contributed by atoms with Gasteiger partial charge in [-0.05, 0) is 64.0 Å². The van der Waals surface area contributed by atoms with E-state index in [1.807, 2.05) is 36.4 Å². The second-order valence-corrected chi connectivity index (χ2v) is 6.90. The summed E-state index contributed by atoms with van der Waals surface area (Å²) in [5, 5.41) is 0. The first-order valence-electron chi connectivity index (χ1n) is 6.27. The summed E-state index contributed by atoms with van der Waals surface area (Å²) in [6.45, 7) is 0. The van der Waals surface area contributed by atoms with Crippen LogP contribution in [-0.2, 0) is 7.05 Å². The molecule has 1 atom stereocenters. The molecular formula is C15H12BrIN2O2. The zero-order chi connectivity index (χ0) is 15.1. The van der Waals surface area contributed by atoms with Crippen molar-refractivity contribution in [3.8, 4) is 0 Å². The molecule has 0 aliphatic carbocycles. The van der Waals surface area contributed by atoms with E-state index in [-0.39, 0.29) is 11.8 Å². The Labute approximate surface area is 143 Å². The highest BCUT2D eigenvalue weighted by molar-refractivity contribution is 14.1. The first-order valence-corrected chi connectivity index (χ1v) is 8.14. The molecular weight excluding hydrogens is 447 g/mol. The maximum atomic E-state index is 11.5. The predicted octanol–water partition coefficient (Wildman–Crippen LogP) is 3.55. The van der Waals surface area contributed by atoms with E-state index in [0.29, 0.717) is 5.58 Å². The summed E-state index contributed by atoms with van der Waals surface area (Å²) in [7, 11) is 1.68. The van der Waals surface area contributed by atoms with Gasteiger partial charge in [0, 0.05) is 15.1 Å². The lowest BCUT2D eigenvalue weighted by Gasteiger charge is -2.15. The standard InChI is InChI=1S/C15H12BrIN2O2/c1-19-12-5-2-8(6-13(12)21-15(19)20)14(18)10-7-9(17)3-4-11(10)16/h2-7,14H,18H2,1H3. The lowest BCUT2D eigenvalue weighted by molar-refractivity contribution is 0.527. The molecule has 108 valence electrons. The van der Waals surface area contributed by atoms with Gasteiger partial charge in [0.1, 0.15) is 0 Å². The summed E-state index contributed by atoms with van der Waals surface area (Å²) in [5.41, 5.74) is 9.58. The number of aromatic nitrogens is 1. The number of hydrogen-bond acceptors (Lipinski definition) is 3. The molecule has 0 spiro atoms. The van der Waals surface area contributed by atoms with E-state index in [0.717, 1.165) is 24.7 Å². The van der Waals surface area contributed by atoms with E-state index < -0.39 is 0 Å².